The van der Waals surface area contributed by atoms with Crippen molar-refractivity contribution < 1.29 is 8.83 Å². The fraction of sp³-hybridized carbons (Fsp3) is 0. The van der Waals surface area contributed by atoms with E-state index >= 15 is 0 Å². The van der Waals surface area contributed by atoms with Gasteiger partial charge < -0.3 is 18.3 Å². The van der Waals surface area contributed by atoms with Crippen molar-refractivity contribution in [3.05, 3.63) is 170 Å². The molecule has 4 heteroatoms. The second-order valence-corrected chi connectivity index (χ2v) is 13.0. The zero-order valence-corrected chi connectivity index (χ0v) is 26.9. The number of anilines is 3. The normalized spacial score (nSPS) is 12.0. The van der Waals surface area contributed by atoms with Crippen molar-refractivity contribution in [2.75, 3.05) is 4.90 Å². The minimum Gasteiger partial charge on any atom is -0.456 e. The van der Waals surface area contributed by atoms with Gasteiger partial charge >= 0.3 is 0 Å². The van der Waals surface area contributed by atoms with Crippen LogP contribution in [-0.4, -0.2) is 4.57 Å². The molecule has 0 saturated carbocycles. The standard InChI is InChI=1S/C46H28N2O2/c1-2-11-31(12-3-1)48-40-17-7-4-13-34(40)38-28-33(23-24-41(38)48)47(42-18-10-16-37-35-14-5-9-20-44(35)50-46(37)42)32-22-21-29-27-45-39(26-30(29)25-32)36-15-6-8-19-43(36)49-45/h1-28H. The van der Waals surface area contributed by atoms with E-state index in [0.717, 1.165) is 82.9 Å². The Morgan fingerprint density at radius 3 is 1.90 bits per heavy atom. The molecule has 0 unspecified atom stereocenters. The van der Waals surface area contributed by atoms with Crippen molar-refractivity contribution in [3.8, 4) is 5.69 Å². The molecule has 3 heterocycles. The summed E-state index contributed by atoms with van der Waals surface area (Å²) in [7, 11) is 0. The lowest BCUT2D eigenvalue weighted by Crippen LogP contribution is -2.10. The predicted octanol–water partition coefficient (Wildman–Crippen LogP) is 13.2. The molecule has 0 N–H and O–H groups in total. The molecule has 0 aliphatic heterocycles. The van der Waals surface area contributed by atoms with Crippen molar-refractivity contribution >= 4 is 93.5 Å². The number of hydrogen-bond donors (Lipinski definition) is 0. The van der Waals surface area contributed by atoms with Crippen LogP contribution >= 0.6 is 0 Å². The SMILES string of the molecule is c1ccc(-n2c3ccccc3c3cc(N(c4ccc5cc6oc7ccccc7c6cc5c4)c4cccc5c4oc4ccccc45)ccc32)cc1. The summed E-state index contributed by atoms with van der Waals surface area (Å²) < 4.78 is 15.2. The second-order valence-electron chi connectivity index (χ2n) is 13.0. The van der Waals surface area contributed by atoms with Gasteiger partial charge in [0.15, 0.2) is 5.58 Å². The Balaban J connectivity index is 1.19. The molecule has 0 saturated heterocycles. The van der Waals surface area contributed by atoms with Gasteiger partial charge in [0.05, 0.1) is 16.7 Å². The molecule has 0 aliphatic rings. The zero-order valence-electron chi connectivity index (χ0n) is 26.9. The second kappa shape index (κ2) is 10.4. The van der Waals surface area contributed by atoms with Gasteiger partial charge in [0, 0.05) is 49.4 Å². The summed E-state index contributed by atoms with van der Waals surface area (Å²) in [6.45, 7) is 0. The van der Waals surface area contributed by atoms with E-state index < -0.39 is 0 Å². The lowest BCUT2D eigenvalue weighted by atomic mass is 10.0. The minimum absolute atomic E-state index is 0.858. The average Bonchev–Trinajstić information content (AvgIpc) is 3.84. The monoisotopic (exact) mass is 640 g/mol. The van der Waals surface area contributed by atoms with E-state index in [2.05, 4.69) is 155 Å². The van der Waals surface area contributed by atoms with Gasteiger partial charge in [-0.2, -0.15) is 0 Å². The van der Waals surface area contributed by atoms with Crippen molar-refractivity contribution in [2.24, 2.45) is 0 Å². The highest BCUT2D eigenvalue weighted by Gasteiger charge is 2.22. The molecule has 3 aromatic heterocycles. The fourth-order valence-electron chi connectivity index (χ4n) is 7.89. The van der Waals surface area contributed by atoms with E-state index in [-0.39, 0.29) is 0 Å². The van der Waals surface area contributed by atoms with Gasteiger partial charge in [-0.25, -0.2) is 0 Å². The van der Waals surface area contributed by atoms with Gasteiger partial charge in [0.2, 0.25) is 0 Å². The summed E-state index contributed by atoms with van der Waals surface area (Å²) in [5.74, 6) is 0. The Bertz CT molecular complexity index is 3110. The van der Waals surface area contributed by atoms with Gasteiger partial charge in [-0.15, -0.1) is 0 Å². The first-order chi connectivity index (χ1) is 24.8. The van der Waals surface area contributed by atoms with Crippen LogP contribution in [-0.2, 0) is 0 Å². The molecule has 50 heavy (non-hydrogen) atoms. The lowest BCUT2D eigenvalue weighted by Gasteiger charge is -2.26. The van der Waals surface area contributed by atoms with E-state index in [1.165, 1.54) is 16.3 Å². The van der Waals surface area contributed by atoms with Crippen LogP contribution in [0.1, 0.15) is 0 Å². The average molecular weight is 641 g/mol. The highest BCUT2D eigenvalue weighted by molar-refractivity contribution is 6.14. The fourth-order valence-corrected chi connectivity index (χ4v) is 7.89. The van der Waals surface area contributed by atoms with Crippen LogP contribution in [0.2, 0.25) is 0 Å². The van der Waals surface area contributed by atoms with Gasteiger partial charge in [0.25, 0.3) is 0 Å². The van der Waals surface area contributed by atoms with Crippen molar-refractivity contribution in [3.63, 3.8) is 0 Å². The molecule has 11 rings (SSSR count). The minimum atomic E-state index is 0.858. The molecular formula is C46H28N2O2. The molecule has 0 amide bonds. The van der Waals surface area contributed by atoms with Crippen LogP contribution in [0.25, 0.3) is 82.1 Å². The number of aromatic nitrogens is 1. The highest BCUT2D eigenvalue weighted by atomic mass is 16.3. The summed E-state index contributed by atoms with van der Waals surface area (Å²) in [6, 6.07) is 60.2. The molecule has 0 fully saturated rings. The summed E-state index contributed by atoms with van der Waals surface area (Å²) in [6.07, 6.45) is 0. The molecule has 11 aromatic rings. The summed E-state index contributed by atoms with van der Waals surface area (Å²) in [5.41, 5.74) is 10.1. The van der Waals surface area contributed by atoms with E-state index in [0.29, 0.717) is 0 Å². The number of benzene rings is 8. The zero-order chi connectivity index (χ0) is 32.8. The van der Waals surface area contributed by atoms with Crippen LogP contribution in [0.4, 0.5) is 17.1 Å². The van der Waals surface area contributed by atoms with E-state index in [9.17, 15) is 0 Å². The number of hydrogen-bond acceptors (Lipinski definition) is 3. The Labute approximate surface area is 286 Å². The summed E-state index contributed by atoms with van der Waals surface area (Å²) in [5, 5.41) is 9.12. The first-order valence-corrected chi connectivity index (χ1v) is 16.9. The van der Waals surface area contributed by atoms with Crippen LogP contribution in [0.15, 0.2) is 179 Å². The third kappa shape index (κ3) is 3.93. The third-order valence-corrected chi connectivity index (χ3v) is 10.1. The van der Waals surface area contributed by atoms with Crippen molar-refractivity contribution in [1.82, 2.24) is 4.57 Å². The molecule has 0 radical (unpaired) electrons. The predicted molar refractivity (Wildman–Crippen MR) is 208 cm³/mol. The molecule has 0 spiro atoms. The molecule has 0 bridgehead atoms. The molecule has 8 aromatic carbocycles. The number of para-hydroxylation sites is 5. The Morgan fingerprint density at radius 1 is 0.380 bits per heavy atom. The number of nitrogens with zero attached hydrogens (tertiary/aromatic N) is 2. The van der Waals surface area contributed by atoms with E-state index in [1.54, 1.807) is 0 Å². The van der Waals surface area contributed by atoms with Crippen LogP contribution in [0, 0.1) is 0 Å². The van der Waals surface area contributed by atoms with E-state index in [4.69, 9.17) is 8.83 Å². The first-order valence-electron chi connectivity index (χ1n) is 16.9. The maximum atomic E-state index is 6.65. The molecular weight excluding hydrogens is 613 g/mol. The molecule has 0 aliphatic carbocycles. The summed E-state index contributed by atoms with van der Waals surface area (Å²) in [4.78, 5) is 2.34. The van der Waals surface area contributed by atoms with Crippen LogP contribution < -0.4 is 4.90 Å². The lowest BCUT2D eigenvalue weighted by molar-refractivity contribution is 0.669. The van der Waals surface area contributed by atoms with Crippen LogP contribution in [0.5, 0.6) is 0 Å². The highest BCUT2D eigenvalue weighted by Crippen LogP contribution is 2.45. The third-order valence-electron chi connectivity index (χ3n) is 10.1. The molecule has 0 atom stereocenters. The van der Waals surface area contributed by atoms with Gasteiger partial charge in [0.1, 0.15) is 16.7 Å². The smallest absolute Gasteiger partial charge is 0.159 e. The van der Waals surface area contributed by atoms with Crippen LogP contribution in [0.3, 0.4) is 0 Å². The van der Waals surface area contributed by atoms with Crippen molar-refractivity contribution in [2.45, 2.75) is 0 Å². The maximum Gasteiger partial charge on any atom is 0.159 e. The largest absolute Gasteiger partial charge is 0.456 e. The number of furan rings is 2. The topological polar surface area (TPSA) is 34.5 Å². The molecule has 234 valence electrons. The van der Waals surface area contributed by atoms with E-state index in [1.807, 2.05) is 24.3 Å². The number of fused-ring (bicyclic) bond motifs is 10. The number of rotatable bonds is 4. The maximum absolute atomic E-state index is 6.65. The Hall–Kier alpha value is -6.78. The first kappa shape index (κ1) is 27.2. The Kier molecular flexibility index (Phi) is 5.63. The quantitative estimate of drug-likeness (QED) is 0.192. The van der Waals surface area contributed by atoms with Gasteiger partial charge in [-0.3, -0.25) is 0 Å². The molecule has 4 nitrogen and oxygen atoms in total. The van der Waals surface area contributed by atoms with Crippen molar-refractivity contribution in [1.29, 1.82) is 0 Å². The van der Waals surface area contributed by atoms with Gasteiger partial charge in [-0.1, -0.05) is 91.0 Å². The van der Waals surface area contributed by atoms with Gasteiger partial charge in [-0.05, 0) is 89.6 Å². The summed E-state index contributed by atoms with van der Waals surface area (Å²) >= 11 is 0. The Morgan fingerprint density at radius 2 is 1.04 bits per heavy atom.